The molecule has 1 aromatic carbocycles. The average Bonchev–Trinajstić information content (AvgIpc) is 3.14. The number of carbonyl (C=O) groups is 2. The van der Waals surface area contributed by atoms with E-state index in [9.17, 15) is 9.59 Å². The van der Waals surface area contributed by atoms with E-state index in [0.29, 0.717) is 19.6 Å². The summed E-state index contributed by atoms with van der Waals surface area (Å²) in [5.41, 5.74) is 3.14. The van der Waals surface area contributed by atoms with Crippen LogP contribution in [0.15, 0.2) is 48.7 Å². The monoisotopic (exact) mass is 407 g/mol. The highest BCUT2D eigenvalue weighted by molar-refractivity contribution is 5.89. The minimum atomic E-state index is -0.308. The van der Waals surface area contributed by atoms with Crippen LogP contribution in [-0.4, -0.2) is 66.4 Å². The molecular formula is C23H29N5O2. The number of likely N-dealkylation sites (N-methyl/N-ethyl adjacent to an activating group) is 1. The maximum Gasteiger partial charge on any atom is 0.225 e. The molecular weight excluding hydrogens is 378 g/mol. The van der Waals surface area contributed by atoms with E-state index in [4.69, 9.17) is 0 Å². The summed E-state index contributed by atoms with van der Waals surface area (Å²) in [5.74, 6) is -0.351. The highest BCUT2D eigenvalue weighted by Gasteiger charge is 2.34. The van der Waals surface area contributed by atoms with Crippen LogP contribution in [0.25, 0.3) is 0 Å². The Labute approximate surface area is 177 Å². The Hall–Kier alpha value is -2.93. The standard InChI is InChI=1S/C23H29N5O2/c1-26-10-12-27(13-11-26)21-8-3-2-6-18(21)15-25-23(30)19-14-22(29)28(16-19)17-20-7-4-5-9-24-20/h2-9,19H,10-17H2,1H3,(H,25,30). The zero-order valence-corrected chi connectivity index (χ0v) is 17.5. The van der Waals surface area contributed by atoms with Crippen molar-refractivity contribution < 1.29 is 9.59 Å². The second-order valence-corrected chi connectivity index (χ2v) is 8.13. The fraction of sp³-hybridized carbons (Fsp3) is 0.435. The molecule has 2 fully saturated rings. The van der Waals surface area contributed by atoms with Gasteiger partial charge in [0.1, 0.15) is 0 Å². The molecule has 1 atom stereocenters. The van der Waals surface area contributed by atoms with Crippen LogP contribution in [-0.2, 0) is 22.7 Å². The lowest BCUT2D eigenvalue weighted by molar-refractivity contribution is -0.129. The quantitative estimate of drug-likeness (QED) is 0.786. The molecule has 158 valence electrons. The predicted molar refractivity (Wildman–Crippen MR) is 116 cm³/mol. The Morgan fingerprint density at radius 3 is 2.63 bits per heavy atom. The molecule has 7 nitrogen and oxygen atoms in total. The maximum atomic E-state index is 12.8. The predicted octanol–water partition coefficient (Wildman–Crippen LogP) is 1.50. The lowest BCUT2D eigenvalue weighted by Crippen LogP contribution is -2.45. The van der Waals surface area contributed by atoms with E-state index in [2.05, 4.69) is 39.3 Å². The Balaban J connectivity index is 1.34. The van der Waals surface area contributed by atoms with E-state index in [-0.39, 0.29) is 24.2 Å². The highest BCUT2D eigenvalue weighted by atomic mass is 16.2. The number of rotatable bonds is 6. The normalized spacial score (nSPS) is 19.9. The van der Waals surface area contributed by atoms with Crippen molar-refractivity contribution in [1.82, 2.24) is 20.1 Å². The van der Waals surface area contributed by atoms with Crippen molar-refractivity contribution in [1.29, 1.82) is 0 Å². The van der Waals surface area contributed by atoms with Crippen LogP contribution >= 0.6 is 0 Å². The molecule has 2 amide bonds. The van der Waals surface area contributed by atoms with Crippen molar-refractivity contribution in [2.45, 2.75) is 19.5 Å². The zero-order valence-electron chi connectivity index (χ0n) is 17.5. The van der Waals surface area contributed by atoms with Gasteiger partial charge in [0.2, 0.25) is 11.8 Å². The van der Waals surface area contributed by atoms with Gasteiger partial charge in [-0.25, -0.2) is 0 Å². The second kappa shape index (κ2) is 9.26. The second-order valence-electron chi connectivity index (χ2n) is 8.13. The summed E-state index contributed by atoms with van der Waals surface area (Å²) < 4.78 is 0. The van der Waals surface area contributed by atoms with Crippen LogP contribution in [0.5, 0.6) is 0 Å². The number of hydrogen-bond donors (Lipinski definition) is 1. The smallest absolute Gasteiger partial charge is 0.225 e. The molecule has 2 saturated heterocycles. The molecule has 2 aliphatic heterocycles. The first kappa shape index (κ1) is 20.3. The number of anilines is 1. The lowest BCUT2D eigenvalue weighted by Gasteiger charge is -2.35. The Kier molecular flexibility index (Phi) is 6.28. The summed E-state index contributed by atoms with van der Waals surface area (Å²) in [6.07, 6.45) is 1.98. The SMILES string of the molecule is CN1CCN(c2ccccc2CNC(=O)C2CC(=O)N(Cc3ccccn3)C2)CC1. The summed E-state index contributed by atoms with van der Waals surface area (Å²) in [7, 11) is 2.14. The average molecular weight is 408 g/mol. The molecule has 0 saturated carbocycles. The van der Waals surface area contributed by atoms with Gasteiger partial charge in [-0.15, -0.1) is 0 Å². The fourth-order valence-electron chi connectivity index (χ4n) is 4.13. The van der Waals surface area contributed by atoms with Crippen LogP contribution < -0.4 is 10.2 Å². The first-order valence-electron chi connectivity index (χ1n) is 10.6. The minimum absolute atomic E-state index is 0.0126. The van der Waals surface area contributed by atoms with Crippen LogP contribution in [0.1, 0.15) is 17.7 Å². The van der Waals surface area contributed by atoms with E-state index in [1.165, 1.54) is 5.69 Å². The van der Waals surface area contributed by atoms with Gasteiger partial charge < -0.3 is 20.0 Å². The third kappa shape index (κ3) is 4.79. The molecule has 30 heavy (non-hydrogen) atoms. The van der Waals surface area contributed by atoms with Crippen molar-refractivity contribution in [3.8, 4) is 0 Å². The topological polar surface area (TPSA) is 68.8 Å². The number of piperazine rings is 1. The van der Waals surface area contributed by atoms with Crippen molar-refractivity contribution >= 4 is 17.5 Å². The zero-order chi connectivity index (χ0) is 20.9. The van der Waals surface area contributed by atoms with Crippen LogP contribution in [0.2, 0.25) is 0 Å². The van der Waals surface area contributed by atoms with E-state index < -0.39 is 0 Å². The molecule has 1 aromatic heterocycles. The summed E-state index contributed by atoms with van der Waals surface area (Å²) in [5, 5.41) is 3.06. The molecule has 2 aliphatic rings. The molecule has 3 heterocycles. The maximum absolute atomic E-state index is 12.8. The van der Waals surface area contributed by atoms with Gasteiger partial charge in [0, 0.05) is 57.6 Å². The van der Waals surface area contributed by atoms with Crippen molar-refractivity contribution in [2.24, 2.45) is 5.92 Å². The van der Waals surface area contributed by atoms with Crippen molar-refractivity contribution in [3.63, 3.8) is 0 Å². The number of likely N-dealkylation sites (tertiary alicyclic amines) is 1. The minimum Gasteiger partial charge on any atom is -0.369 e. The van der Waals surface area contributed by atoms with Gasteiger partial charge in [-0.05, 0) is 30.8 Å². The van der Waals surface area contributed by atoms with Gasteiger partial charge >= 0.3 is 0 Å². The van der Waals surface area contributed by atoms with Crippen molar-refractivity contribution in [3.05, 3.63) is 59.9 Å². The molecule has 0 bridgehead atoms. The number of carbonyl (C=O) groups excluding carboxylic acids is 2. The number of nitrogens with zero attached hydrogens (tertiary/aromatic N) is 4. The Bertz CT molecular complexity index is 880. The van der Waals surface area contributed by atoms with E-state index in [0.717, 1.165) is 37.4 Å². The highest BCUT2D eigenvalue weighted by Crippen LogP contribution is 2.23. The summed E-state index contributed by atoms with van der Waals surface area (Å²) in [6, 6.07) is 13.9. The number of benzene rings is 1. The van der Waals surface area contributed by atoms with Crippen molar-refractivity contribution in [2.75, 3.05) is 44.7 Å². The number of pyridine rings is 1. The molecule has 1 unspecified atom stereocenters. The number of para-hydroxylation sites is 1. The number of hydrogen-bond acceptors (Lipinski definition) is 5. The molecule has 1 N–H and O–H groups in total. The number of aromatic nitrogens is 1. The van der Waals surface area contributed by atoms with Crippen LogP contribution in [0.4, 0.5) is 5.69 Å². The molecule has 7 heteroatoms. The third-order valence-corrected chi connectivity index (χ3v) is 5.95. The van der Waals surface area contributed by atoms with Gasteiger partial charge in [-0.2, -0.15) is 0 Å². The van der Waals surface area contributed by atoms with Gasteiger partial charge in [0.15, 0.2) is 0 Å². The first-order chi connectivity index (χ1) is 14.6. The molecule has 0 aliphatic carbocycles. The summed E-state index contributed by atoms with van der Waals surface area (Å²) in [6.45, 7) is 5.43. The van der Waals surface area contributed by atoms with Gasteiger partial charge in [-0.1, -0.05) is 24.3 Å². The lowest BCUT2D eigenvalue weighted by atomic mass is 10.1. The number of amides is 2. The molecule has 0 radical (unpaired) electrons. The van der Waals surface area contributed by atoms with E-state index >= 15 is 0 Å². The largest absolute Gasteiger partial charge is 0.369 e. The Morgan fingerprint density at radius 2 is 1.87 bits per heavy atom. The van der Waals surface area contributed by atoms with Gasteiger partial charge in [0.25, 0.3) is 0 Å². The van der Waals surface area contributed by atoms with E-state index in [1.807, 2.05) is 30.3 Å². The van der Waals surface area contributed by atoms with Crippen LogP contribution in [0.3, 0.4) is 0 Å². The molecule has 0 spiro atoms. The number of nitrogens with one attached hydrogen (secondary N) is 1. The summed E-state index contributed by atoms with van der Waals surface area (Å²) >= 11 is 0. The molecule has 2 aromatic rings. The van der Waals surface area contributed by atoms with Gasteiger partial charge in [0.05, 0.1) is 18.2 Å². The summed E-state index contributed by atoms with van der Waals surface area (Å²) in [4.78, 5) is 35.8. The van der Waals surface area contributed by atoms with Gasteiger partial charge in [-0.3, -0.25) is 14.6 Å². The van der Waals surface area contributed by atoms with Crippen LogP contribution in [0, 0.1) is 5.92 Å². The third-order valence-electron chi connectivity index (χ3n) is 5.95. The Morgan fingerprint density at radius 1 is 1.10 bits per heavy atom. The fourth-order valence-corrected chi connectivity index (χ4v) is 4.13. The first-order valence-corrected chi connectivity index (χ1v) is 10.6. The molecule has 4 rings (SSSR count). The van der Waals surface area contributed by atoms with E-state index in [1.54, 1.807) is 11.1 Å².